The largest absolute Gasteiger partial charge is 0.394 e. The van der Waals surface area contributed by atoms with Gasteiger partial charge in [0.15, 0.2) is 75.5 Å². The summed E-state index contributed by atoms with van der Waals surface area (Å²) in [6.45, 7) is -9.83. The zero-order valence-electron chi connectivity index (χ0n) is 79.3. The van der Waals surface area contributed by atoms with E-state index in [0.717, 1.165) is 34.6 Å². The third-order valence-corrected chi connectivity index (χ3v) is 27.1. The van der Waals surface area contributed by atoms with Gasteiger partial charge in [0, 0.05) is 34.6 Å². The van der Waals surface area contributed by atoms with Gasteiger partial charge in [-0.2, -0.15) is 0 Å². The van der Waals surface area contributed by atoms with E-state index in [2.05, 4.69) is 26.6 Å². The van der Waals surface area contributed by atoms with Gasteiger partial charge in [-0.3, -0.25) is 24.0 Å². The van der Waals surface area contributed by atoms with Gasteiger partial charge in [0.25, 0.3) is 0 Å². The number of hydrogen-bond donors (Lipinski definition) is 38. The van der Waals surface area contributed by atoms with E-state index < -0.39 is 477 Å². The molecule has 0 bridgehead atoms. The van der Waals surface area contributed by atoms with Crippen LogP contribution in [0.15, 0.2) is 0 Å². The van der Waals surface area contributed by atoms with Crippen LogP contribution in [0.4, 0.5) is 0 Å². The summed E-state index contributed by atoms with van der Waals surface area (Å²) in [6, 6.07) is -10.00. The third kappa shape index (κ3) is 26.7. The summed E-state index contributed by atoms with van der Waals surface area (Å²) in [4.78, 5) is 65.3. The lowest BCUT2D eigenvalue weighted by atomic mass is 9.93. The van der Waals surface area contributed by atoms with Gasteiger partial charge in [-0.25, -0.2) is 0 Å². The zero-order valence-corrected chi connectivity index (χ0v) is 79.3. The molecule has 12 rings (SSSR count). The summed E-state index contributed by atoms with van der Waals surface area (Å²) >= 11 is 0. The molecule has 0 spiro atoms. The number of carbonyl (C=O) groups excluding carboxylic acids is 5. The highest BCUT2D eigenvalue weighted by Crippen LogP contribution is 2.43. The SMILES string of the molecule is CC(=O)N[C@@H]1[C@@H](O)[C@H](O[C@@H]2O[C@H](CO)[C@@H](O[C@@H]3O[C@H](CO[C@H]4O[C@H](CO)[C@@H](O)[C@H](O)[C@@H]4O[C@@H]4O[C@H](CO)[C@@H](O[C@@H]5O[C@H](CO)[C@H](O)[C@H](O[C@H]6O[C@H](CO)[C@H](O)[C@H](O)[C@H]6O)[C@H]5O)[C@H](O)[C@H]4NC(C)=O)[C@@H](O)[C@H](O[C@H]4O[C@H](CO)[C@@H](O[C@@H]5O[C@H](CO)[C@@H](O)[C@H](O)[C@H]5NC(C)=O)[C@H](O)[C@@H]4O[C@@H]4O[C@H](CO)[C@@H](O[C@@H]5O[C@H](CO)[C@H](O)[C@H](O[C@H]6O[C@H](CO)[C@H](O)[C@H](O)[C@H]6O)[C@H]5O)[C@H](O)[C@H]4NC(C)=O)[C@@H]3O)[C@H](O)[C@H]2NC(C)=O)[C@@H](CO)O[C@H]1O. The van der Waals surface area contributed by atoms with Crippen molar-refractivity contribution in [2.75, 3.05) is 79.3 Å². The van der Waals surface area contributed by atoms with Crippen LogP contribution < -0.4 is 26.6 Å². The Morgan fingerprint density at radius 1 is 0.176 bits per heavy atom. The Labute approximate surface area is 837 Å². The van der Waals surface area contributed by atoms with Gasteiger partial charge < -0.3 is 304 Å². The van der Waals surface area contributed by atoms with Crippen molar-refractivity contribution < 1.29 is 301 Å². The van der Waals surface area contributed by atoms with Crippen molar-refractivity contribution in [1.29, 1.82) is 0 Å². The third-order valence-electron chi connectivity index (χ3n) is 27.1. The van der Waals surface area contributed by atoms with E-state index in [4.69, 9.17) is 109 Å². The molecule has 38 N–H and O–H groups in total. The lowest BCUT2D eigenvalue weighted by Gasteiger charge is -2.52. The second-order valence-electron chi connectivity index (χ2n) is 37.3. The van der Waals surface area contributed by atoms with Gasteiger partial charge in [0.05, 0.1) is 79.3 Å². The predicted molar refractivity (Wildman–Crippen MR) is 453 cm³/mol. The summed E-state index contributed by atoms with van der Waals surface area (Å²) in [6.07, 6.45) is -121. The van der Waals surface area contributed by atoms with Crippen molar-refractivity contribution >= 4 is 29.5 Å². The molecule has 12 aliphatic rings. The summed E-state index contributed by atoms with van der Waals surface area (Å²) in [5.41, 5.74) is 0. The fourth-order valence-corrected chi connectivity index (χ4v) is 19.3. The van der Waals surface area contributed by atoms with E-state index in [9.17, 15) is 192 Å². The second kappa shape index (κ2) is 53.4. The van der Waals surface area contributed by atoms with E-state index in [0.29, 0.717) is 0 Å². The average molecular weight is 2170 g/mol. The Balaban J connectivity index is 0.902. The van der Waals surface area contributed by atoms with Gasteiger partial charge in [-0.1, -0.05) is 0 Å². The minimum Gasteiger partial charge on any atom is -0.394 e. The first kappa shape index (κ1) is 122. The zero-order chi connectivity index (χ0) is 109. The first-order chi connectivity index (χ1) is 70.1. The average Bonchev–Trinajstić information content (AvgIpc) is 0.763. The molecule has 12 heterocycles. The standard InChI is InChI=1S/C82H137N5O61/c1-18(99)83-35-48(112)61(29(12-94)127-71(35)125)139-73-37(85-20(3)101)49(113)64(30(13-95)134-73)143-80-60(124)68(46(110)34(138-80)17-126-81-69(54(118)43(107)26(9-91)133-81)147-74-38(86-21(4)102)50(114)62(31(14-96)135-74)141-78-58(122)66(44(108)27(10-92)131-78)144-76-55(119)52(116)41(105)24(7-89)129-76)146-82-70(57(121)65(33(16-98)137-82)140-72-36(84-19(2)100)47(111)40(104)23(6-88)128-72)148-75-39(87-22(5)103)51(115)63(32(15-97)136-75)142-79-59(123)67(45(109)28(11-93)132-79)145-77-56(120)53(117)42(106)25(8-90)130-77/h23-82,88-98,104-125H,6-17H2,1-5H3,(H,83,99)(H,84,100)(H,85,101)(H,86,102)(H,87,103)/t23-,24-,25-,26-,27-,28-,29-,30-,31-,32-,33-,34-,35-,36-,37-,38-,39-,40-,41+,42+,43-,44+,45+,46-,47-,48-,49-,50-,51-,52+,53+,54+,55-,56-,57+,58-,59-,60+,61-,62-,63-,64-,65-,66+,67+,68+,69+,70+,71-,72+,73+,74+,75+,76-,77-,78+,79+,80+,81+,82-/m1/s1. The fourth-order valence-electron chi connectivity index (χ4n) is 19.3. The topological polar surface area (TPSA) is 1030 Å². The van der Waals surface area contributed by atoms with Crippen molar-refractivity contribution in [1.82, 2.24) is 26.6 Å². The molecule has 0 unspecified atom stereocenters. The number of rotatable bonds is 39. The minimum atomic E-state index is -2.78. The number of hydrogen-bond acceptors (Lipinski definition) is 61. The van der Waals surface area contributed by atoms with E-state index >= 15 is 0 Å². The lowest BCUT2D eigenvalue weighted by molar-refractivity contribution is -0.406. The molecule has 60 atom stereocenters. The molecule has 0 saturated carbocycles. The Morgan fingerprint density at radius 3 is 0.703 bits per heavy atom. The number of aliphatic hydroxyl groups is 33. The summed E-state index contributed by atoms with van der Waals surface area (Å²) in [7, 11) is 0. The Kier molecular flexibility index (Phi) is 43.9. The Hall–Kier alpha value is -4.89. The van der Waals surface area contributed by atoms with Crippen molar-refractivity contribution in [2.45, 2.75) is 403 Å². The van der Waals surface area contributed by atoms with Gasteiger partial charge in [-0.05, 0) is 0 Å². The highest BCUT2D eigenvalue weighted by molar-refractivity contribution is 5.75. The molecule has 0 radical (unpaired) electrons. The van der Waals surface area contributed by atoms with Crippen LogP contribution >= 0.6 is 0 Å². The molecule has 5 amide bonds. The van der Waals surface area contributed by atoms with E-state index in [1.165, 1.54) is 0 Å². The molecule has 0 aromatic carbocycles. The Bertz CT molecular complexity index is 4130. The normalized spacial score (nSPS) is 49.3. The van der Waals surface area contributed by atoms with Crippen LogP contribution in [0.3, 0.4) is 0 Å². The fraction of sp³-hybridized carbons (Fsp3) is 0.939. The molecule has 66 nitrogen and oxygen atoms in total. The molecule has 12 saturated heterocycles. The number of aliphatic hydroxyl groups excluding tert-OH is 33. The van der Waals surface area contributed by atoms with Crippen LogP contribution in [0.1, 0.15) is 34.6 Å². The number of ether oxygens (including phenoxy) is 23. The summed E-state index contributed by atoms with van der Waals surface area (Å²) in [5.74, 6) is -4.97. The van der Waals surface area contributed by atoms with Crippen LogP contribution in [-0.4, -0.2) is 645 Å². The molecule has 0 aromatic rings. The number of amides is 5. The molecular formula is C82H137N5O61. The monoisotopic (exact) mass is 2170 g/mol. The molecule has 66 heteroatoms. The quantitative estimate of drug-likeness (QED) is 0.0272. The molecule has 0 aliphatic carbocycles. The maximum Gasteiger partial charge on any atom is 0.217 e. The van der Waals surface area contributed by atoms with E-state index in [1.807, 2.05) is 0 Å². The Morgan fingerprint density at radius 2 is 0.378 bits per heavy atom. The van der Waals surface area contributed by atoms with Gasteiger partial charge in [-0.15, -0.1) is 0 Å². The first-order valence-electron chi connectivity index (χ1n) is 47.2. The maximum atomic E-state index is 13.6. The minimum absolute atomic E-state index is 0.842. The van der Waals surface area contributed by atoms with Gasteiger partial charge in [0.2, 0.25) is 29.5 Å². The smallest absolute Gasteiger partial charge is 0.217 e. The molecule has 148 heavy (non-hydrogen) atoms. The predicted octanol–water partition coefficient (Wildman–Crippen LogP) is -26.4. The lowest BCUT2D eigenvalue weighted by Crippen LogP contribution is -2.71. The van der Waals surface area contributed by atoms with Crippen molar-refractivity contribution in [2.24, 2.45) is 0 Å². The molecule has 12 aliphatic heterocycles. The number of nitrogens with one attached hydrogen (secondary N) is 5. The van der Waals surface area contributed by atoms with Crippen molar-refractivity contribution in [3.05, 3.63) is 0 Å². The van der Waals surface area contributed by atoms with Crippen LogP contribution in [0.5, 0.6) is 0 Å². The highest BCUT2D eigenvalue weighted by Gasteiger charge is 2.64. The van der Waals surface area contributed by atoms with Crippen molar-refractivity contribution in [3.8, 4) is 0 Å². The van der Waals surface area contributed by atoms with Gasteiger partial charge in [0.1, 0.15) is 293 Å². The summed E-state index contributed by atoms with van der Waals surface area (Å²) in [5, 5.41) is 385. The molecular weight excluding hydrogens is 2030 g/mol. The second-order valence-corrected chi connectivity index (χ2v) is 37.3. The number of carbonyl (C=O) groups is 5. The first-order valence-corrected chi connectivity index (χ1v) is 47.2. The van der Waals surface area contributed by atoms with Crippen LogP contribution in [-0.2, 0) is 133 Å². The van der Waals surface area contributed by atoms with Crippen LogP contribution in [0.2, 0.25) is 0 Å². The van der Waals surface area contributed by atoms with E-state index in [1.54, 1.807) is 0 Å². The maximum absolute atomic E-state index is 13.6. The highest BCUT2D eigenvalue weighted by atomic mass is 16.8. The molecule has 12 fully saturated rings. The summed E-state index contributed by atoms with van der Waals surface area (Å²) < 4.78 is 138. The van der Waals surface area contributed by atoms with E-state index in [-0.39, 0.29) is 0 Å². The van der Waals surface area contributed by atoms with Crippen LogP contribution in [0, 0.1) is 0 Å². The van der Waals surface area contributed by atoms with Gasteiger partial charge >= 0.3 is 0 Å². The molecule has 856 valence electrons. The van der Waals surface area contributed by atoms with Crippen LogP contribution in [0.25, 0.3) is 0 Å². The van der Waals surface area contributed by atoms with Crippen molar-refractivity contribution in [3.63, 3.8) is 0 Å². The molecule has 0 aromatic heterocycles.